The molecule has 1 unspecified atom stereocenters. The minimum Gasteiger partial charge on any atom is -0.456 e. The van der Waals surface area contributed by atoms with Crippen LogP contribution in [0, 0.1) is 26.2 Å². The molecule has 3 nitrogen and oxygen atoms in total. The SMILES string of the molecule is C=C(C=C(C)C)OC(C)OC(=N)c1c(C)cc(C)cc1C. The van der Waals surface area contributed by atoms with E-state index in [2.05, 4.69) is 6.58 Å². The first-order valence-corrected chi connectivity index (χ1v) is 7.04. The molecular weight excluding hydrogens is 262 g/mol. The zero-order chi connectivity index (χ0) is 16.2. The molecular formula is C18H25NO2. The third-order valence-corrected chi connectivity index (χ3v) is 2.95. The molecule has 0 spiro atoms. The lowest BCUT2D eigenvalue weighted by Gasteiger charge is -2.19. The van der Waals surface area contributed by atoms with Crippen molar-refractivity contribution in [3.05, 3.63) is 58.4 Å². The van der Waals surface area contributed by atoms with Crippen molar-refractivity contribution in [2.24, 2.45) is 0 Å². The minimum atomic E-state index is -0.555. The van der Waals surface area contributed by atoms with E-state index in [4.69, 9.17) is 14.9 Å². The average molecular weight is 287 g/mol. The summed E-state index contributed by atoms with van der Waals surface area (Å²) in [6.07, 6.45) is 1.28. The molecule has 0 aliphatic heterocycles. The second-order valence-corrected chi connectivity index (χ2v) is 5.59. The molecule has 0 aromatic heterocycles. The van der Waals surface area contributed by atoms with Crippen molar-refractivity contribution in [2.45, 2.75) is 47.8 Å². The van der Waals surface area contributed by atoms with Gasteiger partial charge in [0.15, 0.2) is 0 Å². The molecule has 0 saturated carbocycles. The standard InChI is InChI=1S/C18H25NO2/c1-11(2)8-15(6)20-16(7)21-18(19)17-13(4)9-12(3)10-14(17)5/h8-10,16,19H,6H2,1-5,7H3. The van der Waals surface area contributed by atoms with Crippen LogP contribution in [0.1, 0.15) is 43.0 Å². The van der Waals surface area contributed by atoms with E-state index < -0.39 is 6.29 Å². The van der Waals surface area contributed by atoms with E-state index in [1.807, 2.05) is 52.8 Å². The Morgan fingerprint density at radius 3 is 2.14 bits per heavy atom. The van der Waals surface area contributed by atoms with Crippen LogP contribution in [0.3, 0.4) is 0 Å². The minimum absolute atomic E-state index is 0.127. The predicted molar refractivity (Wildman–Crippen MR) is 87.7 cm³/mol. The zero-order valence-corrected chi connectivity index (χ0v) is 13.8. The van der Waals surface area contributed by atoms with Gasteiger partial charge in [-0.25, -0.2) is 0 Å². The smallest absolute Gasteiger partial charge is 0.240 e. The Morgan fingerprint density at radius 2 is 1.67 bits per heavy atom. The topological polar surface area (TPSA) is 42.3 Å². The second-order valence-electron chi connectivity index (χ2n) is 5.59. The van der Waals surface area contributed by atoms with Gasteiger partial charge in [0.2, 0.25) is 12.2 Å². The molecule has 114 valence electrons. The highest BCUT2D eigenvalue weighted by atomic mass is 16.7. The van der Waals surface area contributed by atoms with E-state index in [1.54, 1.807) is 6.92 Å². The van der Waals surface area contributed by atoms with Gasteiger partial charge in [-0.2, -0.15) is 0 Å². The first kappa shape index (κ1) is 17.0. The summed E-state index contributed by atoms with van der Waals surface area (Å²) in [7, 11) is 0. The Bertz CT molecular complexity index is 558. The number of aryl methyl sites for hydroxylation is 3. The molecule has 1 aromatic rings. The second kappa shape index (κ2) is 7.11. The normalized spacial score (nSPS) is 11.5. The van der Waals surface area contributed by atoms with E-state index in [-0.39, 0.29) is 5.90 Å². The van der Waals surface area contributed by atoms with Crippen LogP contribution < -0.4 is 0 Å². The summed E-state index contributed by atoms with van der Waals surface area (Å²) in [5.41, 5.74) is 5.18. The van der Waals surface area contributed by atoms with E-state index in [1.165, 1.54) is 5.56 Å². The number of hydrogen-bond acceptors (Lipinski definition) is 3. The first-order valence-electron chi connectivity index (χ1n) is 7.04. The Kier molecular flexibility index (Phi) is 5.77. The zero-order valence-electron chi connectivity index (χ0n) is 13.8. The molecule has 0 aliphatic rings. The van der Waals surface area contributed by atoms with Crippen molar-refractivity contribution in [3.8, 4) is 0 Å². The molecule has 0 radical (unpaired) electrons. The van der Waals surface area contributed by atoms with E-state index in [0.29, 0.717) is 5.76 Å². The van der Waals surface area contributed by atoms with Crippen molar-refractivity contribution in [2.75, 3.05) is 0 Å². The number of ether oxygens (including phenoxy) is 2. The highest BCUT2D eigenvalue weighted by molar-refractivity contribution is 5.94. The fraction of sp³-hybridized carbons (Fsp3) is 0.389. The first-order chi connectivity index (χ1) is 9.70. The van der Waals surface area contributed by atoms with E-state index in [0.717, 1.165) is 22.3 Å². The lowest BCUT2D eigenvalue weighted by molar-refractivity contribution is -0.0333. The van der Waals surface area contributed by atoms with Crippen LogP contribution in [0.15, 0.2) is 36.1 Å². The summed E-state index contributed by atoms with van der Waals surface area (Å²) in [6.45, 7) is 15.5. The summed E-state index contributed by atoms with van der Waals surface area (Å²) >= 11 is 0. The maximum atomic E-state index is 8.15. The molecule has 21 heavy (non-hydrogen) atoms. The maximum Gasteiger partial charge on any atom is 0.240 e. The van der Waals surface area contributed by atoms with Crippen LogP contribution in [-0.2, 0) is 9.47 Å². The number of benzene rings is 1. The van der Waals surface area contributed by atoms with Gasteiger partial charge in [0.1, 0.15) is 5.76 Å². The van der Waals surface area contributed by atoms with Crippen LogP contribution >= 0.6 is 0 Å². The number of hydrogen-bond donors (Lipinski definition) is 1. The van der Waals surface area contributed by atoms with Gasteiger partial charge in [-0.15, -0.1) is 0 Å². The molecule has 0 saturated heterocycles. The third kappa shape index (κ3) is 5.10. The fourth-order valence-electron chi connectivity index (χ4n) is 2.36. The molecule has 1 atom stereocenters. The highest BCUT2D eigenvalue weighted by Gasteiger charge is 2.14. The van der Waals surface area contributed by atoms with Crippen molar-refractivity contribution >= 4 is 5.90 Å². The molecule has 0 amide bonds. The Balaban J connectivity index is 2.78. The molecule has 1 aromatic carbocycles. The summed E-state index contributed by atoms with van der Waals surface area (Å²) in [4.78, 5) is 0. The fourth-order valence-corrected chi connectivity index (χ4v) is 2.36. The monoisotopic (exact) mass is 287 g/mol. The lowest BCUT2D eigenvalue weighted by atomic mass is 10.00. The van der Waals surface area contributed by atoms with Gasteiger partial charge in [0.05, 0.1) is 0 Å². The maximum absolute atomic E-state index is 8.15. The molecule has 3 heteroatoms. The van der Waals surface area contributed by atoms with Gasteiger partial charge in [-0.1, -0.05) is 29.8 Å². The highest BCUT2D eigenvalue weighted by Crippen LogP contribution is 2.18. The molecule has 1 N–H and O–H groups in total. The Labute approximate surface area is 127 Å². The summed E-state index contributed by atoms with van der Waals surface area (Å²) in [5.74, 6) is 0.662. The van der Waals surface area contributed by atoms with Gasteiger partial charge in [-0.05, 0) is 51.8 Å². The van der Waals surface area contributed by atoms with Crippen molar-refractivity contribution in [1.29, 1.82) is 5.41 Å². The summed E-state index contributed by atoms with van der Waals surface area (Å²) in [6, 6.07) is 4.10. The molecule has 0 fully saturated rings. The molecule has 0 aliphatic carbocycles. The molecule has 0 heterocycles. The number of allylic oxidation sites excluding steroid dienone is 2. The van der Waals surface area contributed by atoms with Crippen LogP contribution in [0.5, 0.6) is 0 Å². The van der Waals surface area contributed by atoms with Gasteiger partial charge < -0.3 is 9.47 Å². The largest absolute Gasteiger partial charge is 0.456 e. The van der Waals surface area contributed by atoms with E-state index in [9.17, 15) is 0 Å². The Morgan fingerprint density at radius 1 is 1.14 bits per heavy atom. The summed E-state index contributed by atoms with van der Waals surface area (Å²) < 4.78 is 11.1. The number of rotatable bonds is 5. The summed E-state index contributed by atoms with van der Waals surface area (Å²) in [5, 5.41) is 8.15. The van der Waals surface area contributed by atoms with Gasteiger partial charge in [-0.3, -0.25) is 5.41 Å². The van der Waals surface area contributed by atoms with Crippen molar-refractivity contribution in [3.63, 3.8) is 0 Å². The molecule has 1 rings (SSSR count). The van der Waals surface area contributed by atoms with Crippen LogP contribution in [0.4, 0.5) is 0 Å². The van der Waals surface area contributed by atoms with Crippen molar-refractivity contribution in [1.82, 2.24) is 0 Å². The van der Waals surface area contributed by atoms with Gasteiger partial charge >= 0.3 is 0 Å². The Hall–Kier alpha value is -2.03. The van der Waals surface area contributed by atoms with Crippen LogP contribution in [0.2, 0.25) is 0 Å². The van der Waals surface area contributed by atoms with Gasteiger partial charge in [0, 0.05) is 12.5 Å². The van der Waals surface area contributed by atoms with Crippen LogP contribution in [0.25, 0.3) is 0 Å². The van der Waals surface area contributed by atoms with Crippen molar-refractivity contribution < 1.29 is 9.47 Å². The van der Waals surface area contributed by atoms with E-state index >= 15 is 0 Å². The average Bonchev–Trinajstić information content (AvgIpc) is 2.24. The van der Waals surface area contributed by atoms with Gasteiger partial charge in [0.25, 0.3) is 0 Å². The quantitative estimate of drug-likeness (QED) is 0.278. The van der Waals surface area contributed by atoms with Crippen LogP contribution in [-0.4, -0.2) is 12.2 Å². The third-order valence-electron chi connectivity index (χ3n) is 2.95. The number of nitrogens with one attached hydrogen (secondary N) is 1. The molecule has 0 bridgehead atoms. The predicted octanol–water partition coefficient (Wildman–Crippen LogP) is 4.80. The lowest BCUT2D eigenvalue weighted by Crippen LogP contribution is -2.19.